The largest absolute Gasteiger partial charge is 0.507 e. The predicted octanol–water partition coefficient (Wildman–Crippen LogP) is 3.21. The number of hydrogen-bond donors (Lipinski definition) is 1. The molecule has 0 atom stereocenters. The van der Waals surface area contributed by atoms with Crippen molar-refractivity contribution < 1.29 is 14.3 Å². The first-order chi connectivity index (χ1) is 9.45. The topological polar surface area (TPSA) is 67.5 Å². The second-order valence-electron chi connectivity index (χ2n) is 4.44. The zero-order valence-electron chi connectivity index (χ0n) is 11.3. The molecule has 0 saturated carbocycles. The molecule has 1 N–H and O–H groups in total. The molecule has 2 rings (SSSR count). The summed E-state index contributed by atoms with van der Waals surface area (Å²) >= 11 is 0. The van der Waals surface area contributed by atoms with Gasteiger partial charge in [0.2, 0.25) is 0 Å². The Kier molecular flexibility index (Phi) is 3.57. The van der Waals surface area contributed by atoms with Gasteiger partial charge in [-0.1, -0.05) is 18.7 Å². The minimum absolute atomic E-state index is 0.110. The van der Waals surface area contributed by atoms with E-state index in [2.05, 4.69) is 6.58 Å². The average molecular weight is 270 g/mol. The van der Waals surface area contributed by atoms with Gasteiger partial charge in [0.15, 0.2) is 11.2 Å². The lowest BCUT2D eigenvalue weighted by Crippen LogP contribution is -2.08. The number of carbonyl (C=O) groups is 1. The van der Waals surface area contributed by atoms with E-state index in [1.807, 2.05) is 0 Å². The first-order valence-corrected chi connectivity index (χ1v) is 6.06. The highest BCUT2D eigenvalue weighted by molar-refractivity contribution is 6.00. The van der Waals surface area contributed by atoms with Gasteiger partial charge in [-0.05, 0) is 26.0 Å². The fourth-order valence-electron chi connectivity index (χ4n) is 1.94. The van der Waals surface area contributed by atoms with Gasteiger partial charge in [-0.2, -0.15) is 0 Å². The molecule has 1 aromatic heterocycles. The molecule has 1 heterocycles. The van der Waals surface area contributed by atoms with Gasteiger partial charge in [-0.3, -0.25) is 9.59 Å². The first kappa shape index (κ1) is 13.8. The van der Waals surface area contributed by atoms with Crippen LogP contribution in [0.15, 0.2) is 40.1 Å². The summed E-state index contributed by atoms with van der Waals surface area (Å²) in [5.74, 6) is -0.106. The lowest BCUT2D eigenvalue weighted by Gasteiger charge is -2.06. The number of ketones is 1. The van der Waals surface area contributed by atoms with Crippen LogP contribution in [0.25, 0.3) is 17.0 Å². The van der Waals surface area contributed by atoms with Crippen molar-refractivity contribution in [1.29, 1.82) is 0 Å². The van der Waals surface area contributed by atoms with E-state index in [4.69, 9.17) is 4.42 Å². The Hall–Kier alpha value is -2.62. The van der Waals surface area contributed by atoms with Crippen LogP contribution >= 0.6 is 0 Å². The lowest BCUT2D eigenvalue weighted by molar-refractivity contribution is 0.101. The van der Waals surface area contributed by atoms with Crippen molar-refractivity contribution in [3.8, 4) is 5.75 Å². The standard InChI is InChI=1S/C16H14O4/c1-4-5-6-14-9(2)16(19)12-7-11(10(3)17)13(18)8-15(12)20-14/h4-8,18H,1H2,2-3H3. The average Bonchev–Trinajstić information content (AvgIpc) is 2.40. The quantitative estimate of drug-likeness (QED) is 0.687. The lowest BCUT2D eigenvalue weighted by atomic mass is 10.0. The molecule has 0 aliphatic heterocycles. The molecule has 0 aliphatic carbocycles. The summed E-state index contributed by atoms with van der Waals surface area (Å²) in [6.07, 6.45) is 4.85. The maximum atomic E-state index is 12.3. The second kappa shape index (κ2) is 5.17. The molecule has 0 radical (unpaired) electrons. The first-order valence-electron chi connectivity index (χ1n) is 6.06. The van der Waals surface area contributed by atoms with Gasteiger partial charge in [0.25, 0.3) is 0 Å². The molecule has 20 heavy (non-hydrogen) atoms. The summed E-state index contributed by atoms with van der Waals surface area (Å²) < 4.78 is 5.59. The summed E-state index contributed by atoms with van der Waals surface area (Å²) in [5.41, 5.74) is 0.568. The molecule has 0 fully saturated rings. The molecule has 0 aliphatic rings. The molecular weight excluding hydrogens is 256 g/mol. The van der Waals surface area contributed by atoms with Crippen molar-refractivity contribution in [2.24, 2.45) is 0 Å². The molecule has 0 saturated heterocycles. The Labute approximate surface area is 115 Å². The molecule has 0 unspecified atom stereocenters. The molecule has 1 aromatic carbocycles. The van der Waals surface area contributed by atoms with E-state index in [1.165, 1.54) is 19.1 Å². The highest BCUT2D eigenvalue weighted by Gasteiger charge is 2.14. The van der Waals surface area contributed by atoms with E-state index in [-0.39, 0.29) is 33.5 Å². The van der Waals surface area contributed by atoms with Crippen LogP contribution in [0.3, 0.4) is 0 Å². The van der Waals surface area contributed by atoms with E-state index >= 15 is 0 Å². The molecule has 0 bridgehead atoms. The van der Waals surface area contributed by atoms with Gasteiger partial charge >= 0.3 is 0 Å². The highest BCUT2D eigenvalue weighted by atomic mass is 16.3. The molecule has 0 spiro atoms. The molecule has 2 aromatic rings. The molecule has 4 heteroatoms. The van der Waals surface area contributed by atoms with Crippen LogP contribution in [0.4, 0.5) is 0 Å². The van der Waals surface area contributed by atoms with E-state index < -0.39 is 0 Å². The Balaban J connectivity index is 2.83. The van der Waals surface area contributed by atoms with Crippen molar-refractivity contribution in [2.75, 3.05) is 0 Å². The van der Waals surface area contributed by atoms with Crippen LogP contribution in [0.5, 0.6) is 5.75 Å². The summed E-state index contributed by atoms with van der Waals surface area (Å²) in [4.78, 5) is 23.7. The van der Waals surface area contributed by atoms with Crippen LogP contribution < -0.4 is 5.43 Å². The van der Waals surface area contributed by atoms with E-state index in [0.717, 1.165) is 0 Å². The molecule has 102 valence electrons. The number of Topliss-reactive ketones (excluding diaryl/α,β-unsaturated/α-hetero) is 1. The van der Waals surface area contributed by atoms with Crippen LogP contribution in [0.2, 0.25) is 0 Å². The number of phenols is 1. The van der Waals surface area contributed by atoms with Gasteiger partial charge in [-0.15, -0.1) is 0 Å². The van der Waals surface area contributed by atoms with Crippen LogP contribution in [-0.2, 0) is 0 Å². The van der Waals surface area contributed by atoms with E-state index in [0.29, 0.717) is 11.3 Å². The Morgan fingerprint density at radius 2 is 2.10 bits per heavy atom. The molecule has 0 amide bonds. The van der Waals surface area contributed by atoms with Crippen LogP contribution in [-0.4, -0.2) is 10.9 Å². The number of benzene rings is 1. The maximum absolute atomic E-state index is 12.3. The fraction of sp³-hybridized carbons (Fsp3) is 0.125. The van der Waals surface area contributed by atoms with Gasteiger partial charge in [0, 0.05) is 11.6 Å². The molecule has 4 nitrogen and oxygen atoms in total. The minimum atomic E-state index is -0.308. The molecular formula is C16H14O4. The summed E-state index contributed by atoms with van der Waals surface area (Å²) in [7, 11) is 0. The minimum Gasteiger partial charge on any atom is -0.507 e. The van der Waals surface area contributed by atoms with Gasteiger partial charge in [0.1, 0.15) is 17.1 Å². The Morgan fingerprint density at radius 3 is 2.70 bits per heavy atom. The third kappa shape index (κ3) is 2.28. The second-order valence-corrected chi connectivity index (χ2v) is 4.44. The van der Waals surface area contributed by atoms with Crippen molar-refractivity contribution in [1.82, 2.24) is 0 Å². The number of hydrogen-bond acceptors (Lipinski definition) is 4. The van der Waals surface area contributed by atoms with Gasteiger partial charge in [0.05, 0.1) is 10.9 Å². The van der Waals surface area contributed by atoms with Crippen molar-refractivity contribution in [3.05, 3.63) is 58.0 Å². The zero-order chi connectivity index (χ0) is 14.9. The highest BCUT2D eigenvalue weighted by Crippen LogP contribution is 2.25. The maximum Gasteiger partial charge on any atom is 0.196 e. The predicted molar refractivity (Wildman–Crippen MR) is 78.1 cm³/mol. The third-order valence-electron chi connectivity index (χ3n) is 3.04. The number of rotatable bonds is 3. The monoisotopic (exact) mass is 270 g/mol. The van der Waals surface area contributed by atoms with Gasteiger partial charge in [-0.25, -0.2) is 0 Å². The van der Waals surface area contributed by atoms with E-state index in [9.17, 15) is 14.7 Å². The number of phenolic OH excluding ortho intramolecular Hbond substituents is 1. The van der Waals surface area contributed by atoms with Crippen LogP contribution in [0.1, 0.15) is 28.6 Å². The van der Waals surface area contributed by atoms with Gasteiger partial charge < -0.3 is 9.52 Å². The Morgan fingerprint density at radius 1 is 1.40 bits per heavy atom. The SMILES string of the molecule is C=CC=Cc1oc2cc(O)c(C(C)=O)cc2c(=O)c1C. The third-order valence-corrected chi connectivity index (χ3v) is 3.04. The number of aromatic hydroxyl groups is 1. The number of fused-ring (bicyclic) bond motifs is 1. The normalized spacial score (nSPS) is 11.1. The van der Waals surface area contributed by atoms with E-state index in [1.54, 1.807) is 25.2 Å². The van der Waals surface area contributed by atoms with Crippen molar-refractivity contribution in [3.63, 3.8) is 0 Å². The number of allylic oxidation sites excluding steroid dienone is 2. The van der Waals surface area contributed by atoms with Crippen molar-refractivity contribution in [2.45, 2.75) is 13.8 Å². The zero-order valence-corrected chi connectivity index (χ0v) is 11.3. The van der Waals surface area contributed by atoms with Crippen LogP contribution in [0, 0.1) is 6.92 Å². The Bertz CT molecular complexity index is 794. The summed E-state index contributed by atoms with van der Waals surface area (Å²) in [6.45, 7) is 6.53. The summed E-state index contributed by atoms with van der Waals surface area (Å²) in [6, 6.07) is 2.66. The smallest absolute Gasteiger partial charge is 0.196 e. The number of carbonyl (C=O) groups excluding carboxylic acids is 1. The fourth-order valence-corrected chi connectivity index (χ4v) is 1.94. The van der Waals surface area contributed by atoms with Crippen molar-refractivity contribution >= 4 is 22.8 Å². The summed E-state index contributed by atoms with van der Waals surface area (Å²) in [5, 5.41) is 10.1.